The van der Waals surface area contributed by atoms with Crippen LogP contribution in [0.2, 0.25) is 10.1 Å². The number of carbonyl (C=O) groups is 1. The van der Waals surface area contributed by atoms with E-state index in [9.17, 15) is 4.79 Å². The van der Waals surface area contributed by atoms with E-state index in [1.807, 2.05) is 66.7 Å². The van der Waals surface area contributed by atoms with Crippen molar-refractivity contribution in [3.05, 3.63) is 150 Å². The minimum Gasteiger partial charge on any atom is -0.496 e. The van der Waals surface area contributed by atoms with E-state index in [0.29, 0.717) is 17.2 Å². The van der Waals surface area contributed by atoms with Crippen LogP contribution >= 0.6 is 11.6 Å². The molecule has 1 heterocycles. The van der Waals surface area contributed by atoms with Crippen LogP contribution in [-0.4, -0.2) is 38.9 Å². The molecule has 1 aliphatic heterocycles. The Hall–Kier alpha value is -4.16. The Kier molecular flexibility index (Phi) is 9.93. The summed E-state index contributed by atoms with van der Waals surface area (Å²) in [4.78, 5) is 16.8. The third-order valence-electron chi connectivity index (χ3n) is 9.88. The molecule has 6 rings (SSSR count). The Morgan fingerprint density at radius 2 is 1.35 bits per heavy atom. The molecule has 0 unspecified atom stereocenters. The number of likely N-dealkylation sites (tertiary alicyclic amines) is 1. The molecule has 1 saturated heterocycles. The third-order valence-corrected chi connectivity index (χ3v) is 15.2. The number of amides is 1. The molecule has 0 aliphatic carbocycles. The van der Waals surface area contributed by atoms with Crippen LogP contribution in [0.15, 0.2) is 133 Å². The molecule has 0 radical (unpaired) electrons. The first kappa shape index (κ1) is 33.7. The van der Waals surface area contributed by atoms with Crippen LogP contribution < -0.4 is 15.1 Å². The lowest BCUT2D eigenvalue weighted by Gasteiger charge is -2.44. The van der Waals surface area contributed by atoms with Gasteiger partial charge in [-0.2, -0.15) is 0 Å². The van der Waals surface area contributed by atoms with Gasteiger partial charge in [0.05, 0.1) is 25.8 Å². The van der Waals surface area contributed by atoms with Crippen molar-refractivity contribution in [1.82, 2.24) is 4.90 Å². The molecule has 3 atom stereocenters. The second kappa shape index (κ2) is 14.1. The number of hydrogen-bond acceptors (Lipinski definition) is 3. The lowest BCUT2D eigenvalue weighted by Crippen LogP contribution is -2.67. The smallest absolute Gasteiger partial charge is 0.261 e. The van der Waals surface area contributed by atoms with Crippen molar-refractivity contribution in [3.63, 3.8) is 0 Å². The SMILES string of the molecule is COc1ccccc1-c1ccc(C(=O)N2[C@H](CO[Si](c3ccccc3)(c3ccccc3)C(C)(C)C)[C@@H](C)C[C@H]2c2ccccc2Cl)cc1. The van der Waals surface area contributed by atoms with Gasteiger partial charge in [-0.1, -0.05) is 148 Å². The molecule has 0 N–H and O–H groups in total. The predicted octanol–water partition coefficient (Wildman–Crippen LogP) is 9.18. The van der Waals surface area contributed by atoms with Crippen molar-refractivity contribution in [2.24, 2.45) is 5.92 Å². The van der Waals surface area contributed by atoms with E-state index in [1.54, 1.807) is 7.11 Å². The van der Waals surface area contributed by atoms with Gasteiger partial charge in [0.2, 0.25) is 0 Å². The van der Waals surface area contributed by atoms with Crippen LogP contribution in [0.25, 0.3) is 11.1 Å². The molecule has 48 heavy (non-hydrogen) atoms. The van der Waals surface area contributed by atoms with Crippen molar-refractivity contribution in [3.8, 4) is 16.9 Å². The molecule has 0 bridgehead atoms. The highest BCUT2D eigenvalue weighted by Crippen LogP contribution is 2.45. The van der Waals surface area contributed by atoms with Gasteiger partial charge in [0.1, 0.15) is 5.75 Å². The molecule has 1 aliphatic rings. The molecule has 0 saturated carbocycles. The fraction of sp³-hybridized carbons (Fsp3) is 0.262. The zero-order valence-electron chi connectivity index (χ0n) is 28.4. The summed E-state index contributed by atoms with van der Waals surface area (Å²) in [6, 6.07) is 44.7. The van der Waals surface area contributed by atoms with Gasteiger partial charge < -0.3 is 14.1 Å². The first-order valence-corrected chi connectivity index (χ1v) is 19.0. The Bertz CT molecular complexity index is 1800. The number of halogens is 1. The number of para-hydroxylation sites is 1. The van der Waals surface area contributed by atoms with Crippen molar-refractivity contribution >= 4 is 36.2 Å². The predicted molar refractivity (Wildman–Crippen MR) is 200 cm³/mol. The van der Waals surface area contributed by atoms with Gasteiger partial charge in [-0.15, -0.1) is 0 Å². The Morgan fingerprint density at radius 1 is 0.792 bits per heavy atom. The Labute approximate surface area is 291 Å². The first-order chi connectivity index (χ1) is 23.2. The van der Waals surface area contributed by atoms with Gasteiger partial charge in [0, 0.05) is 16.1 Å². The summed E-state index contributed by atoms with van der Waals surface area (Å²) >= 11 is 6.83. The van der Waals surface area contributed by atoms with Crippen LogP contribution in [-0.2, 0) is 4.43 Å². The molecular weight excluding hydrogens is 630 g/mol. The van der Waals surface area contributed by atoms with Gasteiger partial charge in [0.25, 0.3) is 14.2 Å². The maximum absolute atomic E-state index is 14.7. The summed E-state index contributed by atoms with van der Waals surface area (Å²) in [5, 5.41) is 2.94. The van der Waals surface area contributed by atoms with E-state index in [1.165, 1.54) is 10.4 Å². The highest BCUT2D eigenvalue weighted by Gasteiger charge is 2.52. The molecule has 1 fully saturated rings. The number of benzene rings is 5. The van der Waals surface area contributed by atoms with E-state index in [2.05, 4.69) is 99.3 Å². The quantitative estimate of drug-likeness (QED) is 0.147. The number of hydrogen-bond donors (Lipinski definition) is 0. The molecule has 6 heteroatoms. The maximum Gasteiger partial charge on any atom is 0.261 e. The molecule has 0 aromatic heterocycles. The summed E-state index contributed by atoms with van der Waals surface area (Å²) < 4.78 is 13.1. The molecular formula is C42H44ClNO3Si. The lowest BCUT2D eigenvalue weighted by atomic mass is 9.98. The maximum atomic E-state index is 14.7. The number of nitrogens with zero attached hydrogens (tertiary/aromatic N) is 1. The fourth-order valence-corrected chi connectivity index (χ4v) is 12.3. The zero-order chi connectivity index (χ0) is 33.9. The van der Waals surface area contributed by atoms with Crippen LogP contribution in [0.1, 0.15) is 56.1 Å². The minimum absolute atomic E-state index is 0.0214. The van der Waals surface area contributed by atoms with Crippen molar-refractivity contribution in [2.45, 2.75) is 51.2 Å². The van der Waals surface area contributed by atoms with Gasteiger partial charge in [0.15, 0.2) is 0 Å². The number of ether oxygens (including phenoxy) is 1. The van der Waals surface area contributed by atoms with Crippen LogP contribution in [0.4, 0.5) is 0 Å². The average molecular weight is 674 g/mol. The molecule has 1 amide bonds. The second-order valence-corrected chi connectivity index (χ2v) is 18.5. The van der Waals surface area contributed by atoms with E-state index < -0.39 is 8.32 Å². The fourth-order valence-electron chi connectivity index (χ4n) is 7.48. The Balaban J connectivity index is 1.40. The highest BCUT2D eigenvalue weighted by molar-refractivity contribution is 6.99. The van der Waals surface area contributed by atoms with Gasteiger partial charge in [-0.3, -0.25) is 4.79 Å². The molecule has 246 valence electrons. The van der Waals surface area contributed by atoms with Crippen molar-refractivity contribution < 1.29 is 14.0 Å². The van der Waals surface area contributed by atoms with E-state index in [-0.39, 0.29) is 28.9 Å². The summed E-state index contributed by atoms with van der Waals surface area (Å²) in [5.41, 5.74) is 3.58. The van der Waals surface area contributed by atoms with Gasteiger partial charge in [-0.05, 0) is 63.1 Å². The topological polar surface area (TPSA) is 38.8 Å². The minimum atomic E-state index is -2.83. The van der Waals surface area contributed by atoms with Crippen LogP contribution in [0, 0.1) is 5.92 Å². The molecule has 4 nitrogen and oxygen atoms in total. The largest absolute Gasteiger partial charge is 0.496 e. The van der Waals surface area contributed by atoms with Crippen molar-refractivity contribution in [2.75, 3.05) is 13.7 Å². The second-order valence-electron chi connectivity index (χ2n) is 13.8. The molecule has 5 aromatic rings. The number of rotatable bonds is 9. The monoisotopic (exact) mass is 673 g/mol. The lowest BCUT2D eigenvalue weighted by molar-refractivity contribution is 0.0580. The third kappa shape index (κ3) is 6.35. The molecule has 0 spiro atoms. The van der Waals surface area contributed by atoms with Crippen molar-refractivity contribution in [1.29, 1.82) is 0 Å². The van der Waals surface area contributed by atoms with E-state index in [4.69, 9.17) is 20.8 Å². The standard InChI is InChI=1S/C42H44ClNO3Si/c1-30-28-38(36-21-12-14-22-37(36)43)44(41(45)32-26-24-31(25-27-32)35-20-13-15-23-40(35)46-5)39(30)29-47-48(42(2,3)4,33-16-8-6-9-17-33)34-18-10-7-11-19-34/h6-27,30,38-39H,28-29H2,1-5H3/t30-,38-,39+/m0/s1. The normalized spacial score (nSPS) is 18.1. The zero-order valence-corrected chi connectivity index (χ0v) is 30.2. The average Bonchev–Trinajstić information content (AvgIpc) is 3.44. The number of methoxy groups -OCH3 is 1. The molecule has 5 aromatic carbocycles. The number of carbonyl (C=O) groups excluding carboxylic acids is 1. The summed E-state index contributed by atoms with van der Waals surface area (Å²) in [5.74, 6) is 0.956. The van der Waals surface area contributed by atoms with Crippen LogP contribution in [0.5, 0.6) is 5.75 Å². The van der Waals surface area contributed by atoms with Crippen LogP contribution in [0.3, 0.4) is 0 Å². The Morgan fingerprint density at radius 3 is 1.94 bits per heavy atom. The van der Waals surface area contributed by atoms with Gasteiger partial charge >= 0.3 is 0 Å². The van der Waals surface area contributed by atoms with E-state index >= 15 is 0 Å². The summed E-state index contributed by atoms with van der Waals surface area (Å²) in [7, 11) is -1.16. The summed E-state index contributed by atoms with van der Waals surface area (Å²) in [6.45, 7) is 9.52. The van der Waals surface area contributed by atoms with Gasteiger partial charge in [-0.25, -0.2) is 0 Å². The van der Waals surface area contributed by atoms with E-state index in [0.717, 1.165) is 28.9 Å². The summed E-state index contributed by atoms with van der Waals surface area (Å²) in [6.07, 6.45) is 0.795. The highest BCUT2D eigenvalue weighted by atomic mass is 35.5. The first-order valence-electron chi connectivity index (χ1n) is 16.7.